The summed E-state index contributed by atoms with van der Waals surface area (Å²) in [6, 6.07) is 20.6. The fourth-order valence-electron chi connectivity index (χ4n) is 7.31. The van der Waals surface area contributed by atoms with E-state index in [1.807, 2.05) is 48.3 Å². The minimum Gasteiger partial charge on any atom is -0.385 e. The standard InChI is InChI=1S/C34H33F3N4O3/c1-38-27-11-4-3-10-26(27)32(43)41-17-13-25-24-9-2-5-12-28(24)40(30(25)31(38)41)18-14-29(42)39-19-15-33(44,16-20-39)22-7-6-8-23(21-22)34(35,36)37/h2-12,21,31,44H,13-20H2,1H3. The molecule has 1 aromatic heterocycles. The molecule has 7 nitrogen and oxygen atoms in total. The van der Waals surface area contributed by atoms with Gasteiger partial charge in [0, 0.05) is 50.6 Å². The van der Waals surface area contributed by atoms with Crippen molar-refractivity contribution in [2.75, 3.05) is 31.6 Å². The number of rotatable bonds is 4. The number of benzene rings is 3. The minimum absolute atomic E-state index is 0.00352. The first-order chi connectivity index (χ1) is 21.1. The highest BCUT2D eigenvalue weighted by atomic mass is 19.4. The summed E-state index contributed by atoms with van der Waals surface area (Å²) in [5.41, 5.74) is 2.79. The molecule has 44 heavy (non-hydrogen) atoms. The number of hydrogen-bond donors (Lipinski definition) is 1. The molecule has 1 fully saturated rings. The van der Waals surface area contributed by atoms with E-state index in [1.165, 1.54) is 17.7 Å². The number of aryl methyl sites for hydroxylation is 1. The molecule has 3 aliphatic rings. The van der Waals surface area contributed by atoms with Crippen molar-refractivity contribution in [2.24, 2.45) is 0 Å². The molecule has 0 bridgehead atoms. The van der Waals surface area contributed by atoms with Crippen molar-refractivity contribution in [1.82, 2.24) is 14.4 Å². The number of nitrogens with zero attached hydrogens (tertiary/aromatic N) is 4. The second-order valence-corrected chi connectivity index (χ2v) is 12.0. The molecule has 4 aromatic rings. The number of para-hydroxylation sites is 2. The Bertz CT molecular complexity index is 1770. The van der Waals surface area contributed by atoms with Gasteiger partial charge in [0.25, 0.3) is 5.91 Å². The van der Waals surface area contributed by atoms with Crippen molar-refractivity contribution in [3.8, 4) is 0 Å². The molecule has 0 saturated carbocycles. The lowest BCUT2D eigenvalue weighted by molar-refractivity contribution is -0.137. The lowest BCUT2D eigenvalue weighted by Gasteiger charge is -2.46. The summed E-state index contributed by atoms with van der Waals surface area (Å²) in [5, 5.41) is 12.4. The van der Waals surface area contributed by atoms with Gasteiger partial charge in [-0.05, 0) is 60.7 Å². The fraction of sp³-hybridized carbons (Fsp3) is 0.353. The maximum Gasteiger partial charge on any atom is 0.416 e. The number of alkyl halides is 3. The van der Waals surface area contributed by atoms with Crippen LogP contribution in [-0.2, 0) is 29.5 Å². The number of carbonyl (C=O) groups excluding carboxylic acids is 2. The first-order valence-electron chi connectivity index (χ1n) is 15.0. The van der Waals surface area contributed by atoms with E-state index < -0.39 is 17.3 Å². The van der Waals surface area contributed by atoms with E-state index in [0.717, 1.165) is 40.8 Å². The van der Waals surface area contributed by atoms with E-state index in [2.05, 4.69) is 21.6 Å². The number of amides is 2. The summed E-state index contributed by atoms with van der Waals surface area (Å²) in [6.45, 7) is 1.52. The van der Waals surface area contributed by atoms with Crippen molar-refractivity contribution >= 4 is 28.4 Å². The van der Waals surface area contributed by atoms with Gasteiger partial charge in [-0.15, -0.1) is 0 Å². The molecule has 1 saturated heterocycles. The number of piperidine rings is 1. The van der Waals surface area contributed by atoms with E-state index in [1.54, 1.807) is 4.90 Å². The van der Waals surface area contributed by atoms with Crippen LogP contribution in [0.3, 0.4) is 0 Å². The maximum atomic E-state index is 13.6. The van der Waals surface area contributed by atoms with Crippen LogP contribution in [0, 0.1) is 0 Å². The SMILES string of the molecule is CN1c2ccccc2C(=O)N2CCc3c(n(CCC(=O)N4CCC(O)(c5cccc(C(F)(F)F)c5)CC4)c4ccccc34)C21. The second kappa shape index (κ2) is 10.4. The second-order valence-electron chi connectivity index (χ2n) is 12.0. The summed E-state index contributed by atoms with van der Waals surface area (Å²) in [5.74, 6) is -0.0717. The van der Waals surface area contributed by atoms with E-state index >= 15 is 0 Å². The third kappa shape index (κ3) is 4.54. The topological polar surface area (TPSA) is 69.0 Å². The van der Waals surface area contributed by atoms with E-state index in [0.29, 0.717) is 18.7 Å². The molecule has 1 unspecified atom stereocenters. The first-order valence-corrected chi connectivity index (χ1v) is 15.0. The van der Waals surface area contributed by atoms with Crippen LogP contribution in [0.25, 0.3) is 10.9 Å². The Balaban J connectivity index is 1.12. The van der Waals surface area contributed by atoms with E-state index in [9.17, 15) is 27.9 Å². The number of likely N-dealkylation sites (tertiary alicyclic amines) is 1. The number of aromatic nitrogens is 1. The Hall–Kier alpha value is -4.31. The van der Waals surface area contributed by atoms with Gasteiger partial charge in [0.1, 0.15) is 6.17 Å². The van der Waals surface area contributed by atoms with Crippen LogP contribution in [0.2, 0.25) is 0 Å². The highest BCUT2D eigenvalue weighted by molar-refractivity contribution is 6.02. The van der Waals surface area contributed by atoms with Gasteiger partial charge < -0.3 is 24.4 Å². The molecule has 1 N–H and O–H groups in total. The molecular formula is C34H33F3N4O3. The van der Waals surface area contributed by atoms with E-state index in [-0.39, 0.29) is 55.9 Å². The van der Waals surface area contributed by atoms with Gasteiger partial charge in [0.2, 0.25) is 5.91 Å². The Kier molecular flexibility index (Phi) is 6.73. The molecule has 7 rings (SSSR count). The molecule has 0 aliphatic carbocycles. The summed E-state index contributed by atoms with van der Waals surface area (Å²) in [7, 11) is 2.00. The molecule has 4 heterocycles. The third-order valence-electron chi connectivity index (χ3n) is 9.62. The molecular weight excluding hydrogens is 569 g/mol. The van der Waals surface area contributed by atoms with Gasteiger partial charge in [-0.25, -0.2) is 0 Å². The van der Waals surface area contributed by atoms with Crippen molar-refractivity contribution < 1.29 is 27.9 Å². The van der Waals surface area contributed by atoms with Crippen LogP contribution >= 0.6 is 0 Å². The predicted octanol–water partition coefficient (Wildman–Crippen LogP) is 5.71. The first kappa shape index (κ1) is 28.5. The van der Waals surface area contributed by atoms with Crippen molar-refractivity contribution in [1.29, 1.82) is 0 Å². The summed E-state index contributed by atoms with van der Waals surface area (Å²) in [6.07, 6.45) is -3.55. The third-order valence-corrected chi connectivity index (χ3v) is 9.62. The van der Waals surface area contributed by atoms with Gasteiger partial charge >= 0.3 is 6.18 Å². The lowest BCUT2D eigenvalue weighted by atomic mass is 9.83. The van der Waals surface area contributed by atoms with Gasteiger partial charge in [0.15, 0.2) is 0 Å². The Morgan fingerprint density at radius 1 is 0.977 bits per heavy atom. The Labute approximate surface area is 253 Å². The molecule has 10 heteroatoms. The van der Waals surface area contributed by atoms with Gasteiger partial charge in [-0.2, -0.15) is 13.2 Å². The minimum atomic E-state index is -4.50. The maximum absolute atomic E-state index is 13.6. The monoisotopic (exact) mass is 602 g/mol. The molecule has 3 aliphatic heterocycles. The van der Waals surface area contributed by atoms with Crippen LogP contribution in [0.1, 0.15) is 58.2 Å². The number of carbonyl (C=O) groups is 2. The molecule has 0 radical (unpaired) electrons. The molecule has 2 amide bonds. The van der Waals surface area contributed by atoms with Crippen molar-refractivity contribution in [3.05, 3.63) is 101 Å². The number of halogens is 3. The van der Waals surface area contributed by atoms with Crippen LogP contribution < -0.4 is 4.90 Å². The average molecular weight is 603 g/mol. The quantitative estimate of drug-likeness (QED) is 0.325. The van der Waals surface area contributed by atoms with Crippen LogP contribution in [0.4, 0.5) is 18.9 Å². The summed E-state index contributed by atoms with van der Waals surface area (Å²) in [4.78, 5) is 32.8. The largest absolute Gasteiger partial charge is 0.416 e. The average Bonchev–Trinajstić information content (AvgIpc) is 3.35. The summed E-state index contributed by atoms with van der Waals surface area (Å²) < 4.78 is 42.0. The number of anilines is 1. The normalized spacial score (nSPS) is 19.5. The number of hydrogen-bond acceptors (Lipinski definition) is 4. The van der Waals surface area contributed by atoms with E-state index in [4.69, 9.17) is 0 Å². The van der Waals surface area contributed by atoms with Crippen LogP contribution in [-0.4, -0.2) is 58.0 Å². The number of aliphatic hydroxyl groups is 1. The Morgan fingerprint density at radius 3 is 2.48 bits per heavy atom. The molecule has 0 spiro atoms. The van der Waals surface area contributed by atoms with Gasteiger partial charge in [-0.3, -0.25) is 9.59 Å². The molecule has 3 aromatic carbocycles. The zero-order valence-corrected chi connectivity index (χ0v) is 24.3. The van der Waals surface area contributed by atoms with Crippen molar-refractivity contribution in [3.63, 3.8) is 0 Å². The predicted molar refractivity (Wildman–Crippen MR) is 160 cm³/mol. The van der Waals surface area contributed by atoms with Crippen LogP contribution in [0.15, 0.2) is 72.8 Å². The zero-order chi connectivity index (χ0) is 30.8. The van der Waals surface area contributed by atoms with Crippen LogP contribution in [0.5, 0.6) is 0 Å². The summed E-state index contributed by atoms with van der Waals surface area (Å²) >= 11 is 0. The highest BCUT2D eigenvalue weighted by Crippen LogP contribution is 2.44. The number of fused-ring (bicyclic) bond motifs is 6. The smallest absolute Gasteiger partial charge is 0.385 e. The Morgan fingerprint density at radius 2 is 1.70 bits per heavy atom. The van der Waals surface area contributed by atoms with Gasteiger partial charge in [0.05, 0.1) is 28.1 Å². The highest BCUT2D eigenvalue weighted by Gasteiger charge is 2.43. The van der Waals surface area contributed by atoms with Gasteiger partial charge in [-0.1, -0.05) is 42.5 Å². The fourth-order valence-corrected chi connectivity index (χ4v) is 7.31. The lowest BCUT2D eigenvalue weighted by Crippen LogP contribution is -2.51. The molecule has 228 valence electrons. The molecule has 1 atom stereocenters. The zero-order valence-electron chi connectivity index (χ0n) is 24.3. The van der Waals surface area contributed by atoms with Crippen molar-refractivity contribution in [2.45, 2.75) is 50.2 Å².